The number of nitrogens with zero attached hydrogens (tertiary/aromatic N) is 5. The van der Waals surface area contributed by atoms with E-state index >= 15 is 0 Å². The molecule has 0 saturated carbocycles. The Balaban J connectivity index is 1.70. The van der Waals surface area contributed by atoms with Crippen LogP contribution in [0, 0.1) is 11.8 Å². The van der Waals surface area contributed by atoms with Crippen LogP contribution in [0.2, 0.25) is 0 Å². The van der Waals surface area contributed by atoms with E-state index in [1.54, 1.807) is 4.90 Å². The van der Waals surface area contributed by atoms with Gasteiger partial charge in [0.2, 0.25) is 5.91 Å². The lowest BCUT2D eigenvalue weighted by molar-refractivity contribution is -0.142. The molecule has 0 unspecified atom stereocenters. The van der Waals surface area contributed by atoms with Gasteiger partial charge in [-0.1, -0.05) is 26.0 Å². The van der Waals surface area contributed by atoms with Crippen molar-refractivity contribution in [2.45, 2.75) is 72.6 Å². The van der Waals surface area contributed by atoms with Crippen molar-refractivity contribution in [3.63, 3.8) is 0 Å². The number of carbonyl (C=O) groups excluding carboxylic acids is 3. The molecule has 3 heterocycles. The Morgan fingerprint density at radius 1 is 1.05 bits per heavy atom. The third-order valence-corrected chi connectivity index (χ3v) is 7.32. The zero-order chi connectivity index (χ0) is 29.2. The van der Waals surface area contributed by atoms with Gasteiger partial charge in [-0.15, -0.1) is 0 Å². The molecule has 0 spiro atoms. The number of ether oxygens (including phenoxy) is 2. The molecule has 2 aliphatic heterocycles. The van der Waals surface area contributed by atoms with Crippen LogP contribution >= 0.6 is 0 Å². The zero-order valence-electron chi connectivity index (χ0n) is 25.1. The first kappa shape index (κ1) is 29.8. The van der Waals surface area contributed by atoms with Gasteiger partial charge in [0.15, 0.2) is 5.82 Å². The van der Waals surface area contributed by atoms with E-state index in [4.69, 9.17) is 14.5 Å². The van der Waals surface area contributed by atoms with Gasteiger partial charge in [0.25, 0.3) is 5.91 Å². The van der Waals surface area contributed by atoms with Crippen LogP contribution in [-0.4, -0.2) is 99.7 Å². The number of fused-ring (bicyclic) bond motifs is 1. The van der Waals surface area contributed by atoms with E-state index in [1.807, 2.05) is 73.3 Å². The molecular formula is C30H45N5O5. The standard InChI is InChI=1S/C30H45N5O5/c1-20(2)17-34(28(37)26-31-24-10-8-9-11-25(24)35(26)21(3)4)23-16-22(27(36)32-12-14-39-15-13-32)18-33(19-23)29(38)40-30(5,6)7/h8-11,20-23H,12-19H2,1-7H3/t22-,23+/m1/s1. The average molecular weight is 556 g/mol. The molecule has 2 fully saturated rings. The van der Waals surface area contributed by atoms with E-state index in [-0.39, 0.29) is 36.4 Å². The first-order chi connectivity index (χ1) is 18.9. The number of carbonyl (C=O) groups is 3. The predicted octanol–water partition coefficient (Wildman–Crippen LogP) is 4.20. The fraction of sp³-hybridized carbons (Fsp3) is 0.667. The maximum absolute atomic E-state index is 14.4. The normalized spacial score (nSPS) is 20.3. The summed E-state index contributed by atoms with van der Waals surface area (Å²) in [5.74, 6) is -0.0932. The molecule has 0 aliphatic carbocycles. The number of para-hydroxylation sites is 2. The number of imidazole rings is 1. The zero-order valence-corrected chi connectivity index (χ0v) is 25.1. The summed E-state index contributed by atoms with van der Waals surface area (Å²) in [5, 5.41) is 0. The Morgan fingerprint density at radius 2 is 1.73 bits per heavy atom. The summed E-state index contributed by atoms with van der Waals surface area (Å²) >= 11 is 0. The third kappa shape index (κ3) is 6.77. The number of amides is 3. The predicted molar refractivity (Wildman–Crippen MR) is 153 cm³/mol. The highest BCUT2D eigenvalue weighted by Crippen LogP contribution is 2.29. The molecule has 40 heavy (non-hydrogen) atoms. The van der Waals surface area contributed by atoms with Crippen LogP contribution in [0.4, 0.5) is 4.79 Å². The first-order valence-corrected chi connectivity index (χ1v) is 14.5. The van der Waals surface area contributed by atoms with E-state index in [1.165, 1.54) is 0 Å². The Kier molecular flexibility index (Phi) is 9.07. The van der Waals surface area contributed by atoms with Gasteiger partial charge in [0, 0.05) is 38.8 Å². The quantitative estimate of drug-likeness (QED) is 0.530. The van der Waals surface area contributed by atoms with Crippen LogP contribution in [0.5, 0.6) is 0 Å². The van der Waals surface area contributed by atoms with Gasteiger partial charge in [-0.3, -0.25) is 9.59 Å². The molecule has 3 amide bonds. The van der Waals surface area contributed by atoms with Gasteiger partial charge < -0.3 is 28.7 Å². The number of morpholine rings is 1. The topological polar surface area (TPSA) is 97.2 Å². The Labute approximate surface area is 237 Å². The minimum atomic E-state index is -0.677. The van der Waals surface area contributed by atoms with Gasteiger partial charge in [-0.05, 0) is 59.1 Å². The van der Waals surface area contributed by atoms with Crippen molar-refractivity contribution in [1.82, 2.24) is 24.3 Å². The van der Waals surface area contributed by atoms with Crippen LogP contribution in [-0.2, 0) is 14.3 Å². The van der Waals surface area contributed by atoms with E-state index in [2.05, 4.69) is 13.8 Å². The maximum Gasteiger partial charge on any atom is 0.410 e. The Hall–Kier alpha value is -3.14. The molecule has 2 aromatic rings. The van der Waals surface area contributed by atoms with Crippen molar-refractivity contribution in [3.8, 4) is 0 Å². The summed E-state index contributed by atoms with van der Waals surface area (Å²) in [4.78, 5) is 51.3. The Morgan fingerprint density at radius 3 is 2.35 bits per heavy atom. The molecule has 2 aliphatic rings. The summed E-state index contributed by atoms with van der Waals surface area (Å²) in [6.07, 6.45) is -0.00102. The van der Waals surface area contributed by atoms with Gasteiger partial charge in [-0.25, -0.2) is 9.78 Å². The van der Waals surface area contributed by atoms with E-state index in [9.17, 15) is 14.4 Å². The highest BCUT2D eigenvalue weighted by molar-refractivity contribution is 5.95. The monoisotopic (exact) mass is 555 g/mol. The lowest BCUT2D eigenvalue weighted by Crippen LogP contribution is -2.58. The minimum absolute atomic E-state index is 0.00655. The third-order valence-electron chi connectivity index (χ3n) is 7.32. The van der Waals surface area contributed by atoms with Crippen molar-refractivity contribution in [1.29, 1.82) is 0 Å². The second-order valence-electron chi connectivity index (χ2n) is 12.6. The number of benzene rings is 1. The molecule has 4 rings (SSSR count). The molecule has 0 N–H and O–H groups in total. The first-order valence-electron chi connectivity index (χ1n) is 14.5. The summed E-state index contributed by atoms with van der Waals surface area (Å²) in [5.41, 5.74) is 0.997. The molecule has 0 radical (unpaired) electrons. The van der Waals surface area contributed by atoms with E-state index in [0.717, 1.165) is 11.0 Å². The second-order valence-corrected chi connectivity index (χ2v) is 12.6. The fourth-order valence-electron chi connectivity index (χ4n) is 5.63. The largest absolute Gasteiger partial charge is 0.444 e. The van der Waals surface area contributed by atoms with E-state index < -0.39 is 17.6 Å². The van der Waals surface area contributed by atoms with Gasteiger partial charge in [0.1, 0.15) is 5.60 Å². The molecule has 1 aromatic carbocycles. The molecule has 2 atom stereocenters. The summed E-state index contributed by atoms with van der Waals surface area (Å²) in [7, 11) is 0. The number of hydrogen-bond donors (Lipinski definition) is 0. The van der Waals surface area contributed by atoms with Crippen molar-refractivity contribution >= 4 is 28.9 Å². The Bertz CT molecular complexity index is 1210. The van der Waals surface area contributed by atoms with E-state index in [0.29, 0.717) is 51.6 Å². The van der Waals surface area contributed by atoms with Gasteiger partial charge in [-0.2, -0.15) is 0 Å². The summed E-state index contributed by atoms with van der Waals surface area (Å²) in [6.45, 7) is 16.8. The molecular weight excluding hydrogens is 510 g/mol. The molecule has 2 saturated heterocycles. The molecule has 10 nitrogen and oxygen atoms in total. The second kappa shape index (κ2) is 12.2. The van der Waals surface area contributed by atoms with Crippen molar-refractivity contribution in [2.24, 2.45) is 11.8 Å². The molecule has 1 aromatic heterocycles. The maximum atomic E-state index is 14.4. The smallest absolute Gasteiger partial charge is 0.410 e. The van der Waals surface area contributed by atoms with Crippen molar-refractivity contribution < 1.29 is 23.9 Å². The number of hydrogen-bond acceptors (Lipinski definition) is 6. The van der Waals surface area contributed by atoms with Gasteiger partial charge in [0.05, 0.1) is 36.2 Å². The van der Waals surface area contributed by atoms with Crippen molar-refractivity contribution in [3.05, 3.63) is 30.1 Å². The number of piperidine rings is 1. The highest BCUT2D eigenvalue weighted by Gasteiger charge is 2.42. The minimum Gasteiger partial charge on any atom is -0.444 e. The number of aromatic nitrogens is 2. The SMILES string of the molecule is CC(C)CN(C(=O)c1nc2ccccc2n1C(C)C)[C@H]1C[C@@H](C(=O)N2CCOCC2)CN(C(=O)OC(C)(C)C)C1. The van der Waals surface area contributed by atoms with Crippen LogP contribution < -0.4 is 0 Å². The average Bonchev–Trinajstić information content (AvgIpc) is 3.30. The molecule has 0 bridgehead atoms. The van der Waals surface area contributed by atoms with Crippen LogP contribution in [0.15, 0.2) is 24.3 Å². The molecule has 10 heteroatoms. The lowest BCUT2D eigenvalue weighted by atomic mass is 9.91. The number of likely N-dealkylation sites (tertiary alicyclic amines) is 1. The molecule has 220 valence electrons. The van der Waals surface area contributed by atoms with Crippen LogP contribution in [0.3, 0.4) is 0 Å². The number of rotatable bonds is 6. The summed E-state index contributed by atoms with van der Waals surface area (Å²) < 4.78 is 13.1. The lowest BCUT2D eigenvalue weighted by Gasteiger charge is -2.44. The fourth-order valence-corrected chi connectivity index (χ4v) is 5.63. The highest BCUT2D eigenvalue weighted by atomic mass is 16.6. The van der Waals surface area contributed by atoms with Gasteiger partial charge >= 0.3 is 6.09 Å². The summed E-state index contributed by atoms with van der Waals surface area (Å²) in [6, 6.07) is 7.42. The van der Waals surface area contributed by atoms with Crippen LogP contribution in [0.1, 0.15) is 71.5 Å². The van der Waals surface area contributed by atoms with Crippen molar-refractivity contribution in [2.75, 3.05) is 45.9 Å². The van der Waals surface area contributed by atoms with Crippen LogP contribution in [0.25, 0.3) is 11.0 Å².